The second-order valence-corrected chi connectivity index (χ2v) is 3.25. The minimum Gasteiger partial charge on any atom is -0.481 e. The first kappa shape index (κ1) is 9.70. The number of aliphatic carboxylic acids is 1. The summed E-state index contributed by atoms with van der Waals surface area (Å²) in [6, 6.07) is 0. The second-order valence-electron chi connectivity index (χ2n) is 3.25. The van der Waals surface area contributed by atoms with Crippen molar-refractivity contribution in [1.82, 2.24) is 0 Å². The normalized spacial score (nSPS) is 26.2. The zero-order valence-electron chi connectivity index (χ0n) is 7.05. The van der Waals surface area contributed by atoms with Crippen LogP contribution in [0.15, 0.2) is 12.2 Å². The Bertz CT molecular complexity index is 225. The fourth-order valence-electron chi connectivity index (χ4n) is 1.56. The molecule has 0 aromatic carbocycles. The zero-order chi connectivity index (χ0) is 9.84. The van der Waals surface area contributed by atoms with E-state index in [0.29, 0.717) is 6.42 Å². The number of allylic oxidation sites excluding steroid dienone is 1. The second kappa shape index (κ2) is 4.02. The first-order chi connectivity index (χ1) is 6.08. The number of carboxylic acids is 1. The first-order valence-corrected chi connectivity index (χ1v) is 4.10. The topological polar surface area (TPSA) is 80.4 Å². The lowest BCUT2D eigenvalue weighted by molar-refractivity contribution is -0.485. The Labute approximate surface area is 75.2 Å². The van der Waals surface area contributed by atoms with E-state index >= 15 is 0 Å². The van der Waals surface area contributed by atoms with E-state index in [0.717, 1.165) is 0 Å². The van der Waals surface area contributed by atoms with Gasteiger partial charge in [0.15, 0.2) is 0 Å². The van der Waals surface area contributed by atoms with Crippen LogP contribution in [-0.4, -0.2) is 22.5 Å². The highest BCUT2D eigenvalue weighted by Crippen LogP contribution is 2.25. The van der Waals surface area contributed by atoms with Crippen molar-refractivity contribution in [2.75, 3.05) is 6.54 Å². The number of nitrogens with zero attached hydrogens (tertiary/aromatic N) is 1. The maximum Gasteiger partial charge on any atom is 0.303 e. The predicted molar refractivity (Wildman–Crippen MR) is 44.9 cm³/mol. The fraction of sp³-hybridized carbons (Fsp3) is 0.625. The molecule has 1 aliphatic carbocycles. The summed E-state index contributed by atoms with van der Waals surface area (Å²) in [5, 5.41) is 18.6. The molecule has 0 aromatic heterocycles. The van der Waals surface area contributed by atoms with E-state index in [1.807, 2.05) is 0 Å². The Morgan fingerprint density at radius 1 is 1.54 bits per heavy atom. The molecule has 1 rings (SSSR count). The van der Waals surface area contributed by atoms with E-state index in [2.05, 4.69) is 0 Å². The van der Waals surface area contributed by atoms with E-state index < -0.39 is 5.97 Å². The summed E-state index contributed by atoms with van der Waals surface area (Å²) < 4.78 is 0. The van der Waals surface area contributed by atoms with Gasteiger partial charge in [0.2, 0.25) is 6.54 Å². The third-order valence-electron chi connectivity index (χ3n) is 2.08. The number of carboxylic acid groups (broad SMARTS) is 1. The number of hydrogen-bond donors (Lipinski definition) is 1. The van der Waals surface area contributed by atoms with Gasteiger partial charge in [-0.3, -0.25) is 14.9 Å². The summed E-state index contributed by atoms with van der Waals surface area (Å²) in [6.45, 7) is -0.0907. The summed E-state index contributed by atoms with van der Waals surface area (Å²) in [7, 11) is 0. The molecule has 1 aliphatic rings. The van der Waals surface area contributed by atoms with E-state index in [9.17, 15) is 14.9 Å². The lowest BCUT2D eigenvalue weighted by atomic mass is 10.0. The van der Waals surface area contributed by atoms with Gasteiger partial charge in [-0.15, -0.1) is 0 Å². The van der Waals surface area contributed by atoms with Crippen LogP contribution in [0.25, 0.3) is 0 Å². The summed E-state index contributed by atoms with van der Waals surface area (Å²) in [4.78, 5) is 20.1. The molecule has 72 valence electrons. The first-order valence-electron chi connectivity index (χ1n) is 4.10. The smallest absolute Gasteiger partial charge is 0.303 e. The minimum atomic E-state index is -0.851. The molecule has 2 atom stereocenters. The van der Waals surface area contributed by atoms with Crippen molar-refractivity contribution < 1.29 is 14.8 Å². The van der Waals surface area contributed by atoms with Crippen LogP contribution >= 0.6 is 0 Å². The highest BCUT2D eigenvalue weighted by atomic mass is 16.6. The molecule has 1 N–H and O–H groups in total. The number of rotatable bonds is 4. The molecule has 0 spiro atoms. The molecular weight excluding hydrogens is 174 g/mol. The van der Waals surface area contributed by atoms with Crippen LogP contribution in [0.2, 0.25) is 0 Å². The Kier molecular flexibility index (Phi) is 3.00. The molecule has 0 aliphatic heterocycles. The third kappa shape index (κ3) is 3.23. The van der Waals surface area contributed by atoms with Crippen LogP contribution in [0, 0.1) is 22.0 Å². The van der Waals surface area contributed by atoms with Gasteiger partial charge in [0.1, 0.15) is 0 Å². The molecule has 0 aromatic rings. The van der Waals surface area contributed by atoms with Gasteiger partial charge in [-0.25, -0.2) is 0 Å². The number of hydrogen-bond acceptors (Lipinski definition) is 3. The van der Waals surface area contributed by atoms with E-state index in [4.69, 9.17) is 5.11 Å². The Morgan fingerprint density at radius 3 is 2.69 bits per heavy atom. The number of nitro groups is 1. The van der Waals surface area contributed by atoms with Crippen molar-refractivity contribution in [3.63, 3.8) is 0 Å². The lowest BCUT2D eigenvalue weighted by Crippen LogP contribution is -2.12. The minimum absolute atomic E-state index is 0.0255. The zero-order valence-corrected chi connectivity index (χ0v) is 7.05. The Morgan fingerprint density at radius 2 is 2.15 bits per heavy atom. The van der Waals surface area contributed by atoms with Crippen LogP contribution < -0.4 is 0 Å². The van der Waals surface area contributed by atoms with Gasteiger partial charge >= 0.3 is 5.97 Å². The molecule has 0 bridgehead atoms. The molecule has 0 unspecified atom stereocenters. The summed E-state index contributed by atoms with van der Waals surface area (Å²) in [6.07, 6.45) is 4.18. The standard InChI is InChI=1S/C8H11NO4/c10-8(11)4-6-1-2-7(3-6)5-9(12)13/h1-2,6-7H,3-5H2,(H,10,11)/t6-,7+/m1/s1. The average Bonchev–Trinajstić information content (AvgIpc) is 2.33. The molecule has 0 fully saturated rings. The van der Waals surface area contributed by atoms with Crippen LogP contribution in [0.1, 0.15) is 12.8 Å². The molecule has 0 radical (unpaired) electrons. The van der Waals surface area contributed by atoms with E-state index in [1.54, 1.807) is 12.2 Å². The van der Waals surface area contributed by atoms with Crippen LogP contribution in [0.3, 0.4) is 0 Å². The van der Waals surface area contributed by atoms with Gasteiger partial charge < -0.3 is 5.11 Å². The van der Waals surface area contributed by atoms with Gasteiger partial charge in [0.25, 0.3) is 0 Å². The lowest BCUT2D eigenvalue weighted by Gasteiger charge is -2.05. The molecule has 0 saturated carbocycles. The van der Waals surface area contributed by atoms with Crippen molar-refractivity contribution in [3.8, 4) is 0 Å². The largest absolute Gasteiger partial charge is 0.481 e. The van der Waals surface area contributed by atoms with Crippen molar-refractivity contribution in [3.05, 3.63) is 22.3 Å². The van der Waals surface area contributed by atoms with Gasteiger partial charge in [0, 0.05) is 10.8 Å². The van der Waals surface area contributed by atoms with Crippen molar-refractivity contribution in [1.29, 1.82) is 0 Å². The number of carbonyl (C=O) groups is 1. The SMILES string of the molecule is O=C(O)C[C@@H]1C=C[C@H](C[N+](=O)[O-])C1. The fourth-order valence-corrected chi connectivity index (χ4v) is 1.56. The molecule has 0 amide bonds. The predicted octanol–water partition coefficient (Wildman–Crippen LogP) is 0.930. The summed E-state index contributed by atoms with van der Waals surface area (Å²) in [5.74, 6) is -0.960. The Balaban J connectivity index is 2.33. The highest BCUT2D eigenvalue weighted by Gasteiger charge is 2.24. The average molecular weight is 185 g/mol. The maximum atomic E-state index is 10.3. The third-order valence-corrected chi connectivity index (χ3v) is 2.08. The molecular formula is C8H11NO4. The molecule has 5 nitrogen and oxygen atoms in total. The Hall–Kier alpha value is -1.39. The quantitative estimate of drug-likeness (QED) is 0.401. The van der Waals surface area contributed by atoms with Crippen molar-refractivity contribution in [2.45, 2.75) is 12.8 Å². The van der Waals surface area contributed by atoms with Gasteiger partial charge in [-0.05, 0) is 12.3 Å². The molecule has 0 saturated heterocycles. The highest BCUT2D eigenvalue weighted by molar-refractivity contribution is 5.67. The molecule has 13 heavy (non-hydrogen) atoms. The maximum absolute atomic E-state index is 10.3. The van der Waals surface area contributed by atoms with Crippen LogP contribution in [-0.2, 0) is 4.79 Å². The van der Waals surface area contributed by atoms with Gasteiger partial charge in [-0.1, -0.05) is 12.2 Å². The van der Waals surface area contributed by atoms with E-state index in [-0.39, 0.29) is 29.7 Å². The van der Waals surface area contributed by atoms with Crippen LogP contribution in [0.5, 0.6) is 0 Å². The van der Waals surface area contributed by atoms with Crippen molar-refractivity contribution >= 4 is 5.97 Å². The summed E-state index contributed by atoms with van der Waals surface area (Å²) in [5.41, 5.74) is 0. The molecule has 0 heterocycles. The summed E-state index contributed by atoms with van der Waals surface area (Å²) >= 11 is 0. The van der Waals surface area contributed by atoms with E-state index in [1.165, 1.54) is 0 Å². The van der Waals surface area contributed by atoms with Gasteiger partial charge in [-0.2, -0.15) is 0 Å². The van der Waals surface area contributed by atoms with Crippen LogP contribution in [0.4, 0.5) is 0 Å². The van der Waals surface area contributed by atoms with Gasteiger partial charge in [0.05, 0.1) is 6.42 Å². The monoisotopic (exact) mass is 185 g/mol. The van der Waals surface area contributed by atoms with Crippen molar-refractivity contribution in [2.24, 2.45) is 11.8 Å². The molecule has 5 heteroatoms.